The van der Waals surface area contributed by atoms with Crippen LogP contribution in [0.25, 0.3) is 0 Å². The summed E-state index contributed by atoms with van der Waals surface area (Å²) in [6.07, 6.45) is 0. The zero-order chi connectivity index (χ0) is 15.4. The van der Waals surface area contributed by atoms with Gasteiger partial charge in [-0.05, 0) is 42.3 Å². The molecule has 2 aromatic carbocycles. The minimum absolute atomic E-state index is 0.0150. The molecule has 0 aromatic heterocycles. The van der Waals surface area contributed by atoms with Gasteiger partial charge in [-0.2, -0.15) is 5.26 Å². The monoisotopic (exact) mass is 367 g/mol. The van der Waals surface area contributed by atoms with Crippen molar-refractivity contribution in [2.75, 3.05) is 0 Å². The third-order valence-electron chi connectivity index (χ3n) is 2.99. The Bertz CT molecular complexity index is 712. The number of halogens is 3. The second-order valence-electron chi connectivity index (χ2n) is 4.56. The highest BCUT2D eigenvalue weighted by atomic mass is 79.9. The predicted molar refractivity (Wildman–Crippen MR) is 83.9 cm³/mol. The molecular weight excluding hydrogens is 357 g/mol. The van der Waals surface area contributed by atoms with Crippen LogP contribution in [0, 0.1) is 24.1 Å². The molecule has 0 unspecified atom stereocenters. The van der Waals surface area contributed by atoms with Crippen molar-refractivity contribution in [2.45, 2.75) is 19.4 Å². The topological polar surface area (TPSA) is 33.0 Å². The van der Waals surface area contributed by atoms with Crippen molar-refractivity contribution in [1.29, 1.82) is 5.26 Å². The molecule has 0 radical (unpaired) electrons. The Balaban J connectivity index is 2.23. The van der Waals surface area contributed by atoms with E-state index in [1.165, 1.54) is 12.1 Å². The molecule has 0 aliphatic heterocycles. The molecule has 0 bridgehead atoms. The van der Waals surface area contributed by atoms with Gasteiger partial charge in [0.05, 0.1) is 11.4 Å². The summed E-state index contributed by atoms with van der Waals surface area (Å²) in [6, 6.07) is 10.0. The first-order valence-corrected chi connectivity index (χ1v) is 7.54. The number of hydrogen-bond acceptors (Lipinski definition) is 2. The summed E-state index contributed by atoms with van der Waals surface area (Å²) >= 11 is 9.35. The normalized spacial score (nSPS) is 10.2. The SMILES string of the molecule is Cc1cc(Br)cc(CCl)c1OCc1ccc(F)c(C#N)c1. The van der Waals surface area contributed by atoms with Crippen molar-refractivity contribution >= 4 is 27.5 Å². The van der Waals surface area contributed by atoms with Crippen molar-refractivity contribution < 1.29 is 9.13 Å². The average molecular weight is 369 g/mol. The fourth-order valence-electron chi connectivity index (χ4n) is 2.01. The maximum atomic E-state index is 13.3. The number of alkyl halides is 1. The fraction of sp³-hybridized carbons (Fsp3) is 0.188. The van der Waals surface area contributed by atoms with Crippen LogP contribution in [0.5, 0.6) is 5.75 Å². The first kappa shape index (κ1) is 15.8. The van der Waals surface area contributed by atoms with Gasteiger partial charge in [-0.25, -0.2) is 4.39 Å². The molecule has 0 aliphatic carbocycles. The van der Waals surface area contributed by atoms with Gasteiger partial charge in [0.2, 0.25) is 0 Å². The van der Waals surface area contributed by atoms with Crippen LogP contribution < -0.4 is 4.74 Å². The van der Waals surface area contributed by atoms with Crippen LogP contribution in [-0.4, -0.2) is 0 Å². The van der Waals surface area contributed by atoms with Gasteiger partial charge in [-0.3, -0.25) is 0 Å². The molecule has 0 fully saturated rings. The van der Waals surface area contributed by atoms with Gasteiger partial charge >= 0.3 is 0 Å². The van der Waals surface area contributed by atoms with Crippen molar-refractivity contribution in [1.82, 2.24) is 0 Å². The molecular formula is C16H12BrClFNO. The molecule has 2 rings (SSSR count). The van der Waals surface area contributed by atoms with E-state index in [0.717, 1.165) is 26.9 Å². The molecule has 21 heavy (non-hydrogen) atoms. The quantitative estimate of drug-likeness (QED) is 0.705. The molecule has 0 saturated carbocycles. The van der Waals surface area contributed by atoms with E-state index in [1.807, 2.05) is 25.1 Å². The van der Waals surface area contributed by atoms with E-state index in [4.69, 9.17) is 21.6 Å². The Morgan fingerprint density at radius 1 is 1.33 bits per heavy atom. The van der Waals surface area contributed by atoms with Crippen molar-refractivity contribution in [3.05, 3.63) is 62.9 Å². The van der Waals surface area contributed by atoms with E-state index in [9.17, 15) is 4.39 Å². The number of nitriles is 1. The Labute approximate surface area is 136 Å². The molecule has 0 atom stereocenters. The van der Waals surface area contributed by atoms with Crippen LogP contribution >= 0.6 is 27.5 Å². The standard InChI is InChI=1S/C16H12BrClFNO/c1-10-4-14(17)6-12(7-18)16(10)21-9-11-2-3-15(19)13(5-11)8-20/h2-6H,7,9H2,1H3. The Kier molecular flexibility index (Phi) is 5.22. The molecule has 0 heterocycles. The maximum absolute atomic E-state index is 13.3. The largest absolute Gasteiger partial charge is 0.488 e. The lowest BCUT2D eigenvalue weighted by molar-refractivity contribution is 0.301. The second kappa shape index (κ2) is 6.93. The third-order valence-corrected chi connectivity index (χ3v) is 3.74. The van der Waals surface area contributed by atoms with E-state index in [1.54, 1.807) is 6.07 Å². The summed E-state index contributed by atoms with van der Waals surface area (Å²) in [4.78, 5) is 0. The van der Waals surface area contributed by atoms with E-state index >= 15 is 0 Å². The number of rotatable bonds is 4. The Morgan fingerprint density at radius 2 is 2.10 bits per heavy atom. The van der Waals surface area contributed by atoms with Crippen LogP contribution in [0.4, 0.5) is 4.39 Å². The fourth-order valence-corrected chi connectivity index (χ4v) is 2.83. The number of nitrogens with zero attached hydrogens (tertiary/aromatic N) is 1. The molecule has 2 aromatic rings. The third kappa shape index (κ3) is 3.75. The minimum atomic E-state index is -0.525. The van der Waals surface area contributed by atoms with Gasteiger partial charge in [0, 0.05) is 10.0 Å². The summed E-state index contributed by atoms with van der Waals surface area (Å²) < 4.78 is 20.0. The van der Waals surface area contributed by atoms with Crippen LogP contribution in [0.1, 0.15) is 22.3 Å². The van der Waals surface area contributed by atoms with Crippen molar-refractivity contribution in [2.24, 2.45) is 0 Å². The molecule has 5 heteroatoms. The minimum Gasteiger partial charge on any atom is -0.488 e. The summed E-state index contributed by atoms with van der Waals surface area (Å²) in [5.41, 5.74) is 2.59. The van der Waals surface area contributed by atoms with Crippen molar-refractivity contribution in [3.63, 3.8) is 0 Å². The average Bonchev–Trinajstić information content (AvgIpc) is 2.47. The van der Waals surface area contributed by atoms with Gasteiger partial charge in [0.1, 0.15) is 24.2 Å². The summed E-state index contributed by atoms with van der Waals surface area (Å²) in [7, 11) is 0. The van der Waals surface area contributed by atoms with Gasteiger partial charge < -0.3 is 4.74 Å². The molecule has 0 spiro atoms. The van der Waals surface area contributed by atoms with E-state index in [-0.39, 0.29) is 12.2 Å². The highest BCUT2D eigenvalue weighted by Gasteiger charge is 2.10. The molecule has 0 aliphatic rings. The van der Waals surface area contributed by atoms with Crippen molar-refractivity contribution in [3.8, 4) is 11.8 Å². The molecule has 0 amide bonds. The van der Waals surface area contributed by atoms with Crippen LogP contribution in [0.15, 0.2) is 34.8 Å². The van der Waals surface area contributed by atoms with Gasteiger partial charge in [0.15, 0.2) is 0 Å². The molecule has 0 saturated heterocycles. The first-order valence-electron chi connectivity index (χ1n) is 6.21. The number of aryl methyl sites for hydroxylation is 1. The molecule has 0 N–H and O–H groups in total. The lowest BCUT2D eigenvalue weighted by Gasteiger charge is -2.14. The maximum Gasteiger partial charge on any atom is 0.140 e. The zero-order valence-electron chi connectivity index (χ0n) is 11.3. The van der Waals surface area contributed by atoms with Crippen LogP contribution in [0.3, 0.4) is 0 Å². The Morgan fingerprint density at radius 3 is 2.76 bits per heavy atom. The summed E-state index contributed by atoms with van der Waals surface area (Å²) in [5.74, 6) is 0.529. The smallest absolute Gasteiger partial charge is 0.140 e. The molecule has 2 nitrogen and oxygen atoms in total. The Hall–Kier alpha value is -1.57. The second-order valence-corrected chi connectivity index (χ2v) is 5.74. The molecule has 108 valence electrons. The number of ether oxygens (including phenoxy) is 1. The summed E-state index contributed by atoms with van der Waals surface area (Å²) in [5, 5.41) is 8.83. The summed E-state index contributed by atoms with van der Waals surface area (Å²) in [6.45, 7) is 2.18. The van der Waals surface area contributed by atoms with Crippen LogP contribution in [-0.2, 0) is 12.5 Å². The first-order chi connectivity index (χ1) is 10.0. The van der Waals surface area contributed by atoms with Gasteiger partial charge in [0.25, 0.3) is 0 Å². The van der Waals surface area contributed by atoms with Crippen LogP contribution in [0.2, 0.25) is 0 Å². The highest BCUT2D eigenvalue weighted by molar-refractivity contribution is 9.10. The van der Waals surface area contributed by atoms with E-state index in [0.29, 0.717) is 5.88 Å². The van der Waals surface area contributed by atoms with E-state index in [2.05, 4.69) is 15.9 Å². The number of benzene rings is 2. The predicted octanol–water partition coefficient (Wildman–Crippen LogP) is 5.09. The lowest BCUT2D eigenvalue weighted by atomic mass is 10.1. The zero-order valence-corrected chi connectivity index (χ0v) is 13.6. The van der Waals surface area contributed by atoms with Gasteiger partial charge in [-0.1, -0.05) is 22.0 Å². The lowest BCUT2D eigenvalue weighted by Crippen LogP contribution is -2.01. The van der Waals surface area contributed by atoms with E-state index < -0.39 is 5.82 Å². The number of hydrogen-bond donors (Lipinski definition) is 0. The van der Waals surface area contributed by atoms with Gasteiger partial charge in [-0.15, -0.1) is 11.6 Å². The highest BCUT2D eigenvalue weighted by Crippen LogP contribution is 2.30.